The van der Waals surface area contributed by atoms with Gasteiger partial charge in [0.15, 0.2) is 0 Å². The lowest BCUT2D eigenvalue weighted by atomic mass is 9.98. The van der Waals surface area contributed by atoms with Gasteiger partial charge in [-0.15, -0.1) is 0 Å². The van der Waals surface area contributed by atoms with Gasteiger partial charge in [0.05, 0.1) is 12.6 Å². The van der Waals surface area contributed by atoms with Crippen molar-refractivity contribution in [3.63, 3.8) is 0 Å². The van der Waals surface area contributed by atoms with Crippen molar-refractivity contribution in [1.29, 1.82) is 0 Å². The molecule has 0 radical (unpaired) electrons. The van der Waals surface area contributed by atoms with Gasteiger partial charge in [0.25, 0.3) is 0 Å². The molecule has 0 bridgehead atoms. The number of benzene rings is 2. The van der Waals surface area contributed by atoms with Gasteiger partial charge in [0.1, 0.15) is 5.75 Å². The summed E-state index contributed by atoms with van der Waals surface area (Å²) < 4.78 is 5.39. The van der Waals surface area contributed by atoms with Gasteiger partial charge in [-0.1, -0.05) is 110 Å². The molecule has 0 aliphatic carbocycles. The molecule has 0 unspecified atom stereocenters. The zero-order valence-corrected chi connectivity index (χ0v) is 23.0. The second-order valence-electron chi connectivity index (χ2n) is 10.8. The minimum absolute atomic E-state index is 0.907. The molecule has 1 N–H and O–H groups in total. The lowest BCUT2D eigenvalue weighted by molar-refractivity contribution is 0.415. The molecule has 1 aromatic heterocycles. The van der Waals surface area contributed by atoms with E-state index in [1.807, 2.05) is 0 Å². The highest BCUT2D eigenvalue weighted by molar-refractivity contribution is 6.08. The van der Waals surface area contributed by atoms with Crippen LogP contribution in [0.15, 0.2) is 30.3 Å². The summed E-state index contributed by atoms with van der Waals surface area (Å²) in [6.45, 7) is 4.57. The third-order valence-electron chi connectivity index (χ3n) is 7.81. The molecule has 0 aliphatic heterocycles. The van der Waals surface area contributed by atoms with Crippen LogP contribution < -0.4 is 4.74 Å². The number of aromatic amines is 1. The van der Waals surface area contributed by atoms with Crippen molar-refractivity contribution in [2.45, 2.75) is 129 Å². The number of aromatic nitrogens is 1. The lowest BCUT2D eigenvalue weighted by Gasteiger charge is -2.07. The number of hydrogen-bond donors (Lipinski definition) is 1. The molecule has 194 valence electrons. The molecule has 3 rings (SSSR count). The Bertz CT molecular complexity index is 986. The van der Waals surface area contributed by atoms with Gasteiger partial charge >= 0.3 is 0 Å². The highest BCUT2D eigenvalue weighted by Crippen LogP contribution is 2.31. The zero-order chi connectivity index (χ0) is 24.7. The topological polar surface area (TPSA) is 25.0 Å². The summed E-state index contributed by atoms with van der Waals surface area (Å²) in [5.74, 6) is 0.907. The van der Waals surface area contributed by atoms with E-state index in [0.717, 1.165) is 11.3 Å². The maximum Gasteiger partial charge on any atom is 0.120 e. The van der Waals surface area contributed by atoms with E-state index in [9.17, 15) is 0 Å². The van der Waals surface area contributed by atoms with E-state index in [4.69, 9.17) is 4.74 Å². The van der Waals surface area contributed by atoms with Crippen molar-refractivity contribution >= 4 is 21.8 Å². The van der Waals surface area contributed by atoms with Crippen molar-refractivity contribution in [2.24, 2.45) is 0 Å². The summed E-state index contributed by atoms with van der Waals surface area (Å²) in [6.07, 6.45) is 25.5. The molecule has 35 heavy (non-hydrogen) atoms. The standard InChI is InChI=1S/C33H51NO/c1-4-5-6-7-8-9-10-11-12-13-14-15-16-17-18-19-20-21-28-25-32-31(24-27(28)2)30-23-22-29(35-3)26-33(30)34-32/h22-26,34H,4-21H2,1-3H3. The first-order valence-corrected chi connectivity index (χ1v) is 14.8. The largest absolute Gasteiger partial charge is 0.497 e. The Morgan fingerprint density at radius 2 is 1.11 bits per heavy atom. The first-order chi connectivity index (χ1) is 17.2. The second-order valence-corrected chi connectivity index (χ2v) is 10.8. The number of hydrogen-bond acceptors (Lipinski definition) is 1. The van der Waals surface area contributed by atoms with E-state index >= 15 is 0 Å². The molecule has 2 nitrogen and oxygen atoms in total. The number of methoxy groups -OCH3 is 1. The van der Waals surface area contributed by atoms with Crippen LogP contribution in [0.4, 0.5) is 0 Å². The van der Waals surface area contributed by atoms with Crippen LogP contribution in [0, 0.1) is 6.92 Å². The molecule has 3 aromatic rings. The van der Waals surface area contributed by atoms with Crippen molar-refractivity contribution in [1.82, 2.24) is 4.98 Å². The SMILES string of the molecule is CCCCCCCCCCCCCCCCCCCc1cc2[nH]c3cc(OC)ccc3c2cc1C. The molecule has 2 aromatic carbocycles. The highest BCUT2D eigenvalue weighted by Gasteiger charge is 2.09. The average molecular weight is 478 g/mol. The van der Waals surface area contributed by atoms with Gasteiger partial charge in [-0.2, -0.15) is 0 Å². The fourth-order valence-corrected chi connectivity index (χ4v) is 5.52. The molecule has 0 aliphatic rings. The van der Waals surface area contributed by atoms with E-state index in [1.165, 1.54) is 143 Å². The Hall–Kier alpha value is -1.96. The summed E-state index contributed by atoms with van der Waals surface area (Å²) in [5, 5.41) is 2.61. The monoisotopic (exact) mass is 477 g/mol. The van der Waals surface area contributed by atoms with Crippen molar-refractivity contribution in [3.8, 4) is 5.75 Å². The molecule has 1 heterocycles. The first kappa shape index (κ1) is 27.6. The minimum Gasteiger partial charge on any atom is -0.497 e. The summed E-state index contributed by atoms with van der Waals surface area (Å²) >= 11 is 0. The van der Waals surface area contributed by atoms with Crippen LogP contribution in [0.25, 0.3) is 21.8 Å². The number of aryl methyl sites for hydroxylation is 2. The molecule has 0 amide bonds. The Morgan fingerprint density at radius 3 is 1.66 bits per heavy atom. The molecule has 0 spiro atoms. The van der Waals surface area contributed by atoms with Crippen LogP contribution in [-0.4, -0.2) is 12.1 Å². The van der Waals surface area contributed by atoms with Crippen molar-refractivity contribution in [2.75, 3.05) is 7.11 Å². The summed E-state index contributed by atoms with van der Waals surface area (Å²) in [5.41, 5.74) is 5.33. The summed E-state index contributed by atoms with van der Waals surface area (Å²) in [4.78, 5) is 3.60. The van der Waals surface area contributed by atoms with E-state index in [0.29, 0.717) is 0 Å². The molecule has 0 saturated heterocycles. The van der Waals surface area contributed by atoms with E-state index in [2.05, 4.69) is 49.2 Å². The van der Waals surface area contributed by atoms with Crippen LogP contribution in [0.2, 0.25) is 0 Å². The Balaban J connectivity index is 1.22. The smallest absolute Gasteiger partial charge is 0.120 e. The van der Waals surface area contributed by atoms with Crippen LogP contribution in [0.1, 0.15) is 127 Å². The van der Waals surface area contributed by atoms with Gasteiger partial charge in [0, 0.05) is 22.4 Å². The Kier molecular flexibility index (Phi) is 12.6. The van der Waals surface area contributed by atoms with E-state index < -0.39 is 0 Å². The summed E-state index contributed by atoms with van der Waals surface area (Å²) in [7, 11) is 1.73. The fraction of sp³-hybridized carbons (Fsp3) is 0.636. The predicted molar refractivity (Wildman–Crippen MR) is 155 cm³/mol. The number of nitrogens with one attached hydrogen (secondary N) is 1. The molecular formula is C33H51NO. The van der Waals surface area contributed by atoms with Gasteiger partial charge in [-0.3, -0.25) is 0 Å². The predicted octanol–water partition coefficient (Wildman–Crippen LogP) is 10.8. The third kappa shape index (κ3) is 9.21. The molecule has 0 saturated carbocycles. The van der Waals surface area contributed by atoms with Crippen LogP contribution in [0.3, 0.4) is 0 Å². The van der Waals surface area contributed by atoms with Crippen molar-refractivity contribution < 1.29 is 4.74 Å². The van der Waals surface area contributed by atoms with Gasteiger partial charge in [-0.05, 0) is 55.2 Å². The quantitative estimate of drug-likeness (QED) is 0.171. The maximum atomic E-state index is 5.39. The van der Waals surface area contributed by atoms with Crippen LogP contribution >= 0.6 is 0 Å². The summed E-state index contributed by atoms with van der Waals surface area (Å²) in [6, 6.07) is 11.1. The van der Waals surface area contributed by atoms with Crippen LogP contribution in [0.5, 0.6) is 5.75 Å². The normalized spacial score (nSPS) is 11.6. The highest BCUT2D eigenvalue weighted by atomic mass is 16.5. The van der Waals surface area contributed by atoms with E-state index in [-0.39, 0.29) is 0 Å². The maximum absolute atomic E-state index is 5.39. The molecule has 2 heteroatoms. The third-order valence-corrected chi connectivity index (χ3v) is 7.81. The number of H-pyrrole nitrogens is 1. The Labute approximate surface area is 215 Å². The number of unbranched alkanes of at least 4 members (excludes halogenated alkanes) is 16. The number of fused-ring (bicyclic) bond motifs is 3. The van der Waals surface area contributed by atoms with Gasteiger partial charge in [0.2, 0.25) is 0 Å². The minimum atomic E-state index is 0.907. The first-order valence-electron chi connectivity index (χ1n) is 14.8. The molecule has 0 atom stereocenters. The van der Waals surface area contributed by atoms with E-state index in [1.54, 1.807) is 7.11 Å². The average Bonchev–Trinajstić information content (AvgIpc) is 3.22. The van der Waals surface area contributed by atoms with Gasteiger partial charge < -0.3 is 9.72 Å². The lowest BCUT2D eigenvalue weighted by Crippen LogP contribution is -1.91. The fourth-order valence-electron chi connectivity index (χ4n) is 5.52. The zero-order valence-electron chi connectivity index (χ0n) is 23.0. The van der Waals surface area contributed by atoms with Crippen molar-refractivity contribution in [3.05, 3.63) is 41.5 Å². The number of rotatable bonds is 19. The van der Waals surface area contributed by atoms with Gasteiger partial charge in [-0.25, -0.2) is 0 Å². The second kappa shape index (κ2) is 15.9. The molecule has 0 fully saturated rings. The number of ether oxygens (including phenoxy) is 1. The van der Waals surface area contributed by atoms with Crippen LogP contribution in [-0.2, 0) is 6.42 Å². The molecular weight excluding hydrogens is 426 g/mol. The Morgan fingerprint density at radius 1 is 0.600 bits per heavy atom.